The zero-order valence-electron chi connectivity index (χ0n) is 13.0. The lowest BCUT2D eigenvalue weighted by atomic mass is 10.2. The van der Waals surface area contributed by atoms with E-state index in [1.54, 1.807) is 0 Å². The van der Waals surface area contributed by atoms with Gasteiger partial charge in [-0.2, -0.15) is 0 Å². The SMILES string of the molecule is CCCCOC(=O)Cn1ccc2c(OC(C)C)cccc21. The maximum absolute atomic E-state index is 11.8. The number of benzene rings is 1. The van der Waals surface area contributed by atoms with Crippen LogP contribution < -0.4 is 4.74 Å². The molecule has 21 heavy (non-hydrogen) atoms. The summed E-state index contributed by atoms with van der Waals surface area (Å²) < 4.78 is 12.9. The summed E-state index contributed by atoms with van der Waals surface area (Å²) in [5.41, 5.74) is 0.987. The molecule has 2 aromatic rings. The van der Waals surface area contributed by atoms with E-state index in [1.165, 1.54) is 0 Å². The third-order valence-electron chi connectivity index (χ3n) is 3.20. The van der Waals surface area contributed by atoms with Crippen molar-refractivity contribution in [3.63, 3.8) is 0 Å². The molecule has 0 saturated carbocycles. The molecule has 0 amide bonds. The Bertz CT molecular complexity index is 601. The summed E-state index contributed by atoms with van der Waals surface area (Å²) in [5, 5.41) is 1.02. The number of esters is 1. The molecule has 0 aliphatic carbocycles. The number of rotatable bonds is 7. The van der Waals surface area contributed by atoms with Crippen LogP contribution in [0.3, 0.4) is 0 Å². The van der Waals surface area contributed by atoms with Crippen LogP contribution in [-0.4, -0.2) is 23.2 Å². The summed E-state index contributed by atoms with van der Waals surface area (Å²) in [6.07, 6.45) is 3.96. The summed E-state index contributed by atoms with van der Waals surface area (Å²) in [6.45, 7) is 6.81. The minimum atomic E-state index is -0.198. The molecular formula is C17H23NO3. The highest BCUT2D eigenvalue weighted by atomic mass is 16.5. The van der Waals surface area contributed by atoms with E-state index in [4.69, 9.17) is 9.47 Å². The Kier molecular flexibility index (Phi) is 5.26. The number of ether oxygens (including phenoxy) is 2. The lowest BCUT2D eigenvalue weighted by Crippen LogP contribution is -2.13. The van der Waals surface area contributed by atoms with Crippen LogP contribution in [0.1, 0.15) is 33.6 Å². The minimum absolute atomic E-state index is 0.123. The fraction of sp³-hybridized carbons (Fsp3) is 0.471. The summed E-state index contributed by atoms with van der Waals surface area (Å²) in [7, 11) is 0. The number of aromatic nitrogens is 1. The first-order valence-corrected chi connectivity index (χ1v) is 7.52. The summed E-state index contributed by atoms with van der Waals surface area (Å²) in [5.74, 6) is 0.650. The molecule has 0 bridgehead atoms. The van der Waals surface area contributed by atoms with Crippen LogP contribution >= 0.6 is 0 Å². The fourth-order valence-corrected chi connectivity index (χ4v) is 2.20. The maximum Gasteiger partial charge on any atom is 0.325 e. The van der Waals surface area contributed by atoms with Crippen molar-refractivity contribution in [3.8, 4) is 5.75 Å². The Morgan fingerprint density at radius 3 is 2.81 bits per heavy atom. The largest absolute Gasteiger partial charge is 0.490 e. The zero-order chi connectivity index (χ0) is 15.2. The molecule has 0 atom stereocenters. The van der Waals surface area contributed by atoms with Gasteiger partial charge >= 0.3 is 5.97 Å². The fourth-order valence-electron chi connectivity index (χ4n) is 2.20. The van der Waals surface area contributed by atoms with Crippen molar-refractivity contribution in [2.24, 2.45) is 0 Å². The van der Waals surface area contributed by atoms with E-state index in [-0.39, 0.29) is 18.6 Å². The molecule has 0 N–H and O–H groups in total. The second kappa shape index (κ2) is 7.16. The monoisotopic (exact) mass is 289 g/mol. The van der Waals surface area contributed by atoms with Crippen LogP contribution in [-0.2, 0) is 16.1 Å². The zero-order valence-corrected chi connectivity index (χ0v) is 13.0. The molecule has 2 rings (SSSR count). The average Bonchev–Trinajstić information content (AvgIpc) is 2.83. The highest BCUT2D eigenvalue weighted by molar-refractivity contribution is 5.87. The van der Waals surface area contributed by atoms with E-state index in [9.17, 15) is 4.79 Å². The van der Waals surface area contributed by atoms with Crippen molar-refractivity contribution in [1.82, 2.24) is 4.57 Å². The predicted molar refractivity (Wildman–Crippen MR) is 83.6 cm³/mol. The van der Waals surface area contributed by atoms with Gasteiger partial charge in [0.15, 0.2) is 0 Å². The number of nitrogens with zero attached hydrogens (tertiary/aromatic N) is 1. The van der Waals surface area contributed by atoms with Gasteiger partial charge in [-0.1, -0.05) is 19.4 Å². The van der Waals surface area contributed by atoms with Crippen molar-refractivity contribution in [2.45, 2.75) is 46.3 Å². The normalized spacial score (nSPS) is 11.0. The number of hydrogen-bond acceptors (Lipinski definition) is 3. The Balaban J connectivity index is 2.13. The standard InChI is InChI=1S/C17H23NO3/c1-4-5-11-20-17(19)12-18-10-9-14-15(18)7-6-8-16(14)21-13(2)3/h6-10,13H,4-5,11-12H2,1-3H3. The van der Waals surface area contributed by atoms with Crippen molar-refractivity contribution < 1.29 is 14.3 Å². The first-order chi connectivity index (χ1) is 10.1. The second-order valence-electron chi connectivity index (χ2n) is 5.37. The van der Waals surface area contributed by atoms with Gasteiger partial charge in [-0.25, -0.2) is 0 Å². The first-order valence-electron chi connectivity index (χ1n) is 7.52. The third kappa shape index (κ3) is 4.00. The first kappa shape index (κ1) is 15.4. The third-order valence-corrected chi connectivity index (χ3v) is 3.20. The molecule has 0 fully saturated rings. The van der Waals surface area contributed by atoms with Gasteiger partial charge in [-0.3, -0.25) is 4.79 Å². The molecule has 1 aromatic heterocycles. The molecule has 4 nitrogen and oxygen atoms in total. The van der Waals surface area contributed by atoms with Crippen LogP contribution in [0.2, 0.25) is 0 Å². The van der Waals surface area contributed by atoms with Crippen molar-refractivity contribution in [1.29, 1.82) is 0 Å². The average molecular weight is 289 g/mol. The highest BCUT2D eigenvalue weighted by Crippen LogP contribution is 2.27. The lowest BCUT2D eigenvalue weighted by molar-refractivity contribution is -0.144. The van der Waals surface area contributed by atoms with Gasteiger partial charge in [-0.05, 0) is 38.5 Å². The van der Waals surface area contributed by atoms with E-state index in [2.05, 4.69) is 6.92 Å². The van der Waals surface area contributed by atoms with E-state index in [1.807, 2.05) is 48.9 Å². The van der Waals surface area contributed by atoms with Gasteiger partial charge in [0.1, 0.15) is 12.3 Å². The molecule has 0 radical (unpaired) electrons. The van der Waals surface area contributed by atoms with Gasteiger partial charge in [0.2, 0.25) is 0 Å². The minimum Gasteiger partial charge on any atom is -0.490 e. The van der Waals surface area contributed by atoms with Crippen molar-refractivity contribution in [3.05, 3.63) is 30.5 Å². The Labute approximate surface area is 125 Å². The summed E-state index contributed by atoms with van der Waals surface area (Å²) >= 11 is 0. The van der Waals surface area contributed by atoms with E-state index in [0.717, 1.165) is 29.5 Å². The number of unbranched alkanes of at least 4 members (excludes halogenated alkanes) is 1. The van der Waals surface area contributed by atoms with Gasteiger partial charge in [0.25, 0.3) is 0 Å². The van der Waals surface area contributed by atoms with Gasteiger partial charge in [0, 0.05) is 11.6 Å². The van der Waals surface area contributed by atoms with Crippen molar-refractivity contribution in [2.75, 3.05) is 6.61 Å². The summed E-state index contributed by atoms with van der Waals surface area (Å²) in [4.78, 5) is 11.8. The molecule has 114 valence electrons. The Morgan fingerprint density at radius 1 is 1.29 bits per heavy atom. The Morgan fingerprint density at radius 2 is 2.10 bits per heavy atom. The Hall–Kier alpha value is -1.97. The number of carbonyl (C=O) groups is 1. The molecule has 0 aliphatic heterocycles. The molecule has 0 spiro atoms. The van der Waals surface area contributed by atoms with Crippen LogP contribution in [0, 0.1) is 0 Å². The van der Waals surface area contributed by atoms with Crippen LogP contribution in [0.25, 0.3) is 10.9 Å². The second-order valence-corrected chi connectivity index (χ2v) is 5.37. The van der Waals surface area contributed by atoms with E-state index < -0.39 is 0 Å². The molecule has 1 heterocycles. The molecule has 0 aliphatic rings. The summed E-state index contributed by atoms with van der Waals surface area (Å²) in [6, 6.07) is 7.86. The highest BCUT2D eigenvalue weighted by Gasteiger charge is 2.10. The number of fused-ring (bicyclic) bond motifs is 1. The van der Waals surface area contributed by atoms with E-state index >= 15 is 0 Å². The molecule has 4 heteroatoms. The molecule has 0 saturated heterocycles. The maximum atomic E-state index is 11.8. The van der Waals surface area contributed by atoms with Gasteiger partial charge in [-0.15, -0.1) is 0 Å². The number of carbonyl (C=O) groups excluding carboxylic acids is 1. The van der Waals surface area contributed by atoms with Crippen LogP contribution in [0.5, 0.6) is 5.75 Å². The smallest absolute Gasteiger partial charge is 0.325 e. The van der Waals surface area contributed by atoms with E-state index in [0.29, 0.717) is 6.61 Å². The molecule has 1 aromatic carbocycles. The van der Waals surface area contributed by atoms with Crippen molar-refractivity contribution >= 4 is 16.9 Å². The van der Waals surface area contributed by atoms with Gasteiger partial charge < -0.3 is 14.0 Å². The van der Waals surface area contributed by atoms with Crippen LogP contribution in [0.15, 0.2) is 30.5 Å². The molecule has 0 unspecified atom stereocenters. The predicted octanol–water partition coefficient (Wildman–Crippen LogP) is 3.77. The number of hydrogen-bond donors (Lipinski definition) is 0. The topological polar surface area (TPSA) is 40.5 Å². The van der Waals surface area contributed by atoms with Gasteiger partial charge in [0.05, 0.1) is 18.2 Å². The molecular weight excluding hydrogens is 266 g/mol. The van der Waals surface area contributed by atoms with Crippen LogP contribution in [0.4, 0.5) is 0 Å². The quantitative estimate of drug-likeness (QED) is 0.575. The lowest BCUT2D eigenvalue weighted by Gasteiger charge is -2.11.